The van der Waals surface area contributed by atoms with Crippen LogP contribution in [0.25, 0.3) is 5.69 Å². The number of anilines is 1. The number of nitrogens with zero attached hydrogens (tertiary/aromatic N) is 4. The molecule has 0 radical (unpaired) electrons. The SMILES string of the molecule is Cc1cc(-n2cc(Cl)cn2)cc(C)c1C1C(=O)CC(CCNC(=O)Nc2ccncn2)C1=O. The van der Waals surface area contributed by atoms with Gasteiger partial charge in [-0.1, -0.05) is 11.6 Å². The van der Waals surface area contributed by atoms with Gasteiger partial charge in [-0.05, 0) is 55.2 Å². The van der Waals surface area contributed by atoms with E-state index in [4.69, 9.17) is 11.6 Å². The lowest BCUT2D eigenvalue weighted by atomic mass is 9.87. The van der Waals surface area contributed by atoms with Gasteiger partial charge in [-0.3, -0.25) is 14.9 Å². The van der Waals surface area contributed by atoms with Gasteiger partial charge in [0.1, 0.15) is 23.8 Å². The zero-order chi connectivity index (χ0) is 23.5. The molecule has 1 fully saturated rings. The molecule has 2 heterocycles. The highest BCUT2D eigenvalue weighted by molar-refractivity contribution is 6.30. The van der Waals surface area contributed by atoms with Gasteiger partial charge in [-0.15, -0.1) is 0 Å². The summed E-state index contributed by atoms with van der Waals surface area (Å²) in [6.07, 6.45) is 6.67. The van der Waals surface area contributed by atoms with Crippen LogP contribution >= 0.6 is 11.6 Å². The monoisotopic (exact) mass is 466 g/mol. The summed E-state index contributed by atoms with van der Waals surface area (Å²) in [4.78, 5) is 45.7. The zero-order valence-electron chi connectivity index (χ0n) is 18.2. The van der Waals surface area contributed by atoms with Crippen molar-refractivity contribution in [3.8, 4) is 5.69 Å². The van der Waals surface area contributed by atoms with E-state index in [9.17, 15) is 14.4 Å². The third kappa shape index (κ3) is 4.93. The molecule has 2 unspecified atom stereocenters. The molecule has 10 heteroatoms. The molecule has 1 saturated carbocycles. The van der Waals surface area contributed by atoms with Crippen molar-refractivity contribution in [2.45, 2.75) is 32.6 Å². The van der Waals surface area contributed by atoms with E-state index in [1.807, 2.05) is 26.0 Å². The molecule has 33 heavy (non-hydrogen) atoms. The maximum absolute atomic E-state index is 13.1. The molecule has 170 valence electrons. The summed E-state index contributed by atoms with van der Waals surface area (Å²) in [5, 5.41) is 10.0. The summed E-state index contributed by atoms with van der Waals surface area (Å²) in [6.45, 7) is 4.05. The van der Waals surface area contributed by atoms with Gasteiger partial charge < -0.3 is 5.32 Å². The van der Waals surface area contributed by atoms with Gasteiger partial charge in [0.15, 0.2) is 5.78 Å². The second-order valence-corrected chi connectivity index (χ2v) is 8.50. The predicted octanol–water partition coefficient (Wildman–Crippen LogP) is 3.39. The van der Waals surface area contributed by atoms with Gasteiger partial charge in [0, 0.05) is 31.3 Å². The number of hydrogen-bond donors (Lipinski definition) is 2. The van der Waals surface area contributed by atoms with E-state index in [1.54, 1.807) is 23.1 Å². The summed E-state index contributed by atoms with van der Waals surface area (Å²) in [5.41, 5.74) is 3.27. The molecule has 3 aromatic rings. The van der Waals surface area contributed by atoms with E-state index >= 15 is 0 Å². The van der Waals surface area contributed by atoms with Crippen molar-refractivity contribution in [3.05, 3.63) is 64.8 Å². The van der Waals surface area contributed by atoms with Crippen LogP contribution in [0, 0.1) is 19.8 Å². The zero-order valence-corrected chi connectivity index (χ0v) is 19.0. The number of carbonyl (C=O) groups excluding carboxylic acids is 3. The third-order valence-electron chi connectivity index (χ3n) is 5.74. The molecule has 1 aliphatic carbocycles. The Hall–Kier alpha value is -3.59. The average molecular weight is 467 g/mol. The minimum absolute atomic E-state index is 0.0866. The minimum Gasteiger partial charge on any atom is -0.338 e. The standard InChI is InChI=1S/C23H23ClN6O3/c1-13-7-17(30-11-16(24)10-28-30)8-14(2)20(13)21-18(31)9-15(22(21)32)3-6-26-23(33)29-19-4-5-25-12-27-19/h4-5,7-8,10-12,15,21H,3,6,9H2,1-2H3,(H2,25,26,27,29,33). The fourth-order valence-electron chi connectivity index (χ4n) is 4.27. The van der Waals surface area contributed by atoms with E-state index in [0.29, 0.717) is 17.3 Å². The summed E-state index contributed by atoms with van der Waals surface area (Å²) in [7, 11) is 0. The van der Waals surface area contributed by atoms with E-state index in [-0.39, 0.29) is 24.5 Å². The largest absolute Gasteiger partial charge is 0.338 e. The molecule has 0 bridgehead atoms. The first-order valence-electron chi connectivity index (χ1n) is 10.5. The number of rotatable bonds is 6. The van der Waals surface area contributed by atoms with Crippen LogP contribution in [0.1, 0.15) is 35.4 Å². The summed E-state index contributed by atoms with van der Waals surface area (Å²) in [5.74, 6) is -1.01. The van der Waals surface area contributed by atoms with Crippen LogP contribution < -0.4 is 10.6 Å². The molecule has 1 aromatic carbocycles. The molecule has 0 spiro atoms. The summed E-state index contributed by atoms with van der Waals surface area (Å²) >= 11 is 5.97. The van der Waals surface area contributed by atoms with Crippen LogP contribution in [-0.2, 0) is 9.59 Å². The lowest BCUT2D eigenvalue weighted by molar-refractivity contribution is -0.124. The highest BCUT2D eigenvalue weighted by atomic mass is 35.5. The Morgan fingerprint density at radius 1 is 1.24 bits per heavy atom. The van der Waals surface area contributed by atoms with Gasteiger partial charge in [-0.2, -0.15) is 5.10 Å². The number of ketones is 2. The van der Waals surface area contributed by atoms with Crippen molar-refractivity contribution in [1.82, 2.24) is 25.1 Å². The van der Waals surface area contributed by atoms with E-state index in [0.717, 1.165) is 22.4 Å². The molecule has 4 rings (SSSR count). The van der Waals surface area contributed by atoms with E-state index in [2.05, 4.69) is 25.7 Å². The van der Waals surface area contributed by atoms with Gasteiger partial charge in [-0.25, -0.2) is 19.4 Å². The Balaban J connectivity index is 1.41. The average Bonchev–Trinajstić information content (AvgIpc) is 3.32. The number of Topliss-reactive ketones (excluding diaryl/α,β-unsaturated/α-hetero) is 2. The first-order valence-corrected chi connectivity index (χ1v) is 10.9. The molecule has 2 aromatic heterocycles. The number of aromatic nitrogens is 4. The number of benzene rings is 1. The Kier molecular flexibility index (Phi) is 6.50. The number of urea groups is 1. The van der Waals surface area contributed by atoms with Crippen molar-refractivity contribution in [2.24, 2.45) is 5.92 Å². The smallest absolute Gasteiger partial charge is 0.320 e. The lowest BCUT2D eigenvalue weighted by Gasteiger charge is -2.17. The van der Waals surface area contributed by atoms with Crippen molar-refractivity contribution in [3.63, 3.8) is 0 Å². The summed E-state index contributed by atoms with van der Waals surface area (Å²) in [6, 6.07) is 4.94. The molecule has 2 atom stereocenters. The van der Waals surface area contributed by atoms with Crippen LogP contribution in [0.4, 0.5) is 10.6 Å². The molecular weight excluding hydrogens is 444 g/mol. The minimum atomic E-state index is -0.778. The molecule has 2 N–H and O–H groups in total. The van der Waals surface area contributed by atoms with Gasteiger partial charge >= 0.3 is 6.03 Å². The lowest BCUT2D eigenvalue weighted by Crippen LogP contribution is -2.31. The van der Waals surface area contributed by atoms with Crippen molar-refractivity contribution < 1.29 is 14.4 Å². The molecule has 0 saturated heterocycles. The van der Waals surface area contributed by atoms with E-state index < -0.39 is 17.9 Å². The number of carbonyl (C=O) groups is 3. The van der Waals surface area contributed by atoms with Crippen LogP contribution in [-0.4, -0.2) is 43.9 Å². The highest BCUT2D eigenvalue weighted by Crippen LogP contribution is 2.37. The maximum atomic E-state index is 13.1. The van der Waals surface area contributed by atoms with Crippen LogP contribution in [0.3, 0.4) is 0 Å². The van der Waals surface area contributed by atoms with Gasteiger partial charge in [0.2, 0.25) is 0 Å². The fraction of sp³-hybridized carbons (Fsp3) is 0.304. The molecule has 9 nitrogen and oxygen atoms in total. The fourth-order valence-corrected chi connectivity index (χ4v) is 4.41. The first kappa shape index (κ1) is 22.6. The van der Waals surface area contributed by atoms with E-state index in [1.165, 1.54) is 12.5 Å². The summed E-state index contributed by atoms with van der Waals surface area (Å²) < 4.78 is 1.66. The van der Waals surface area contributed by atoms with Crippen molar-refractivity contribution in [2.75, 3.05) is 11.9 Å². The number of halogens is 1. The second kappa shape index (κ2) is 9.50. The number of amides is 2. The van der Waals surface area contributed by atoms with Gasteiger partial charge in [0.25, 0.3) is 0 Å². The maximum Gasteiger partial charge on any atom is 0.320 e. The van der Waals surface area contributed by atoms with Crippen LogP contribution in [0.15, 0.2) is 43.1 Å². The van der Waals surface area contributed by atoms with Crippen molar-refractivity contribution >= 4 is 35.0 Å². The number of hydrogen-bond acceptors (Lipinski definition) is 6. The second-order valence-electron chi connectivity index (χ2n) is 8.06. The Labute approximate surface area is 195 Å². The predicted molar refractivity (Wildman–Crippen MR) is 123 cm³/mol. The quantitative estimate of drug-likeness (QED) is 0.537. The van der Waals surface area contributed by atoms with Crippen LogP contribution in [0.2, 0.25) is 5.02 Å². The van der Waals surface area contributed by atoms with Crippen LogP contribution in [0.5, 0.6) is 0 Å². The molecular formula is C23H23ClN6O3. The third-order valence-corrected chi connectivity index (χ3v) is 5.94. The normalized spacial score (nSPS) is 17.9. The number of nitrogens with one attached hydrogen (secondary N) is 2. The number of aryl methyl sites for hydroxylation is 2. The first-order chi connectivity index (χ1) is 15.8. The topological polar surface area (TPSA) is 119 Å². The molecule has 2 amide bonds. The highest BCUT2D eigenvalue weighted by Gasteiger charge is 2.42. The Morgan fingerprint density at radius 3 is 2.64 bits per heavy atom. The van der Waals surface area contributed by atoms with Crippen molar-refractivity contribution in [1.29, 1.82) is 0 Å². The molecule has 0 aliphatic heterocycles. The Bertz CT molecular complexity index is 1190. The Morgan fingerprint density at radius 2 is 2.00 bits per heavy atom. The molecule has 1 aliphatic rings. The van der Waals surface area contributed by atoms with Gasteiger partial charge in [0.05, 0.1) is 16.9 Å².